The summed E-state index contributed by atoms with van der Waals surface area (Å²) in [5.74, 6) is -0.0215. The van der Waals surface area contributed by atoms with E-state index in [-0.39, 0.29) is 28.4 Å². The number of thioether (sulfide) groups is 1. The maximum atomic E-state index is 13.8. The monoisotopic (exact) mass is 689 g/mol. The van der Waals surface area contributed by atoms with Crippen LogP contribution in [0.25, 0.3) is 5.76 Å². The first-order chi connectivity index (χ1) is 23.3. The van der Waals surface area contributed by atoms with Crippen LogP contribution in [0.5, 0.6) is 17.2 Å². The molecule has 1 saturated heterocycles. The molecule has 2 atom stereocenters. The van der Waals surface area contributed by atoms with Gasteiger partial charge in [-0.3, -0.25) is 14.5 Å². The van der Waals surface area contributed by atoms with Gasteiger partial charge < -0.3 is 19.3 Å². The lowest BCUT2D eigenvalue weighted by Crippen LogP contribution is -2.29. The third-order valence-electron chi connectivity index (χ3n) is 8.08. The second-order valence-electron chi connectivity index (χ2n) is 11.6. The number of ketones is 1. The van der Waals surface area contributed by atoms with E-state index in [2.05, 4.69) is 17.1 Å². The fraction of sp³-hybridized carbons (Fsp3) is 0.333. The zero-order chi connectivity index (χ0) is 33.8. The molecule has 3 heterocycles. The van der Waals surface area contributed by atoms with Crippen molar-refractivity contribution < 1.29 is 33.3 Å². The Balaban J connectivity index is 1.39. The van der Waals surface area contributed by atoms with Gasteiger partial charge in [-0.1, -0.05) is 61.1 Å². The van der Waals surface area contributed by atoms with Crippen LogP contribution >= 0.6 is 23.1 Å². The molecule has 48 heavy (non-hydrogen) atoms. The number of ether oxygens (including phenoxy) is 3. The molecule has 6 rings (SSSR count). The van der Waals surface area contributed by atoms with Crippen LogP contribution in [0.1, 0.15) is 68.3 Å². The number of aromatic nitrogens is 2. The number of unbranched alkanes of at least 4 members (excludes halogenated alkanes) is 2. The van der Waals surface area contributed by atoms with Crippen molar-refractivity contribution in [2.24, 2.45) is 0 Å². The molecule has 12 heteroatoms. The molecule has 1 aromatic heterocycles. The van der Waals surface area contributed by atoms with Gasteiger partial charge in [0.15, 0.2) is 15.8 Å². The summed E-state index contributed by atoms with van der Waals surface area (Å²) in [6, 6.07) is 15.7. The molecule has 0 saturated carbocycles. The van der Waals surface area contributed by atoms with Crippen molar-refractivity contribution in [2.45, 2.75) is 68.7 Å². The number of aliphatic hydroxyl groups excluding tert-OH is 1. The van der Waals surface area contributed by atoms with E-state index in [9.17, 15) is 19.1 Å². The van der Waals surface area contributed by atoms with Crippen LogP contribution in [0, 0.1) is 5.82 Å². The summed E-state index contributed by atoms with van der Waals surface area (Å²) in [7, 11) is 0. The first kappa shape index (κ1) is 33.5. The SMILES string of the molecule is CCCCCOc1ccc([C@@H]2/C(=C(\O)c3ccc4c(c3)C[C@H](C)O4)C(=O)C(=O)N2c2nnc(SCc3ccc(F)cc3)s2)cc1OCC. The summed E-state index contributed by atoms with van der Waals surface area (Å²) in [5.41, 5.74) is 2.68. The molecule has 1 fully saturated rings. The Morgan fingerprint density at radius 2 is 1.85 bits per heavy atom. The maximum absolute atomic E-state index is 13.8. The summed E-state index contributed by atoms with van der Waals surface area (Å²) < 4.78 is 31.8. The molecule has 0 radical (unpaired) electrons. The van der Waals surface area contributed by atoms with Crippen molar-refractivity contribution in [3.05, 3.63) is 94.3 Å². The summed E-state index contributed by atoms with van der Waals surface area (Å²) in [6.45, 7) is 6.85. The van der Waals surface area contributed by atoms with E-state index in [1.54, 1.807) is 48.5 Å². The smallest absolute Gasteiger partial charge is 0.301 e. The number of hydrogen-bond acceptors (Lipinski definition) is 10. The van der Waals surface area contributed by atoms with Crippen molar-refractivity contribution in [1.29, 1.82) is 0 Å². The van der Waals surface area contributed by atoms with Crippen molar-refractivity contribution in [2.75, 3.05) is 18.1 Å². The molecule has 0 bridgehead atoms. The van der Waals surface area contributed by atoms with Gasteiger partial charge in [-0.05, 0) is 79.4 Å². The fourth-order valence-electron chi connectivity index (χ4n) is 5.77. The largest absolute Gasteiger partial charge is 0.507 e. The highest BCUT2D eigenvalue weighted by Crippen LogP contribution is 2.46. The predicted octanol–water partition coefficient (Wildman–Crippen LogP) is 7.89. The average molecular weight is 690 g/mol. The number of Topliss-reactive ketones (excluding diaryl/α,β-unsaturated/α-hetero) is 1. The third-order valence-corrected chi connectivity index (χ3v) is 10.2. The van der Waals surface area contributed by atoms with Crippen molar-refractivity contribution in [3.63, 3.8) is 0 Å². The number of hydrogen-bond donors (Lipinski definition) is 1. The number of carbonyl (C=O) groups is 2. The molecule has 9 nitrogen and oxygen atoms in total. The van der Waals surface area contributed by atoms with Crippen molar-refractivity contribution in [3.8, 4) is 17.2 Å². The summed E-state index contributed by atoms with van der Waals surface area (Å²) in [6.07, 6.45) is 3.65. The lowest BCUT2D eigenvalue weighted by molar-refractivity contribution is -0.132. The number of rotatable bonds is 13. The van der Waals surface area contributed by atoms with E-state index < -0.39 is 17.7 Å². The van der Waals surface area contributed by atoms with Gasteiger partial charge in [0.25, 0.3) is 5.78 Å². The zero-order valence-electron chi connectivity index (χ0n) is 26.9. The molecule has 3 aromatic carbocycles. The van der Waals surface area contributed by atoms with Gasteiger partial charge in [0.05, 0.1) is 24.8 Å². The van der Waals surface area contributed by atoms with Crippen LogP contribution < -0.4 is 19.1 Å². The molecule has 1 N–H and O–H groups in total. The number of benzene rings is 3. The van der Waals surface area contributed by atoms with Crippen molar-refractivity contribution >= 4 is 45.7 Å². The predicted molar refractivity (Wildman–Crippen MR) is 184 cm³/mol. The topological polar surface area (TPSA) is 111 Å². The number of anilines is 1. The summed E-state index contributed by atoms with van der Waals surface area (Å²) >= 11 is 2.54. The Bertz CT molecular complexity index is 1840. The normalized spacial score (nSPS) is 18.2. The molecular weight excluding hydrogens is 654 g/mol. The number of aliphatic hydroxyl groups is 1. The Labute approximate surface area is 286 Å². The highest BCUT2D eigenvalue weighted by atomic mass is 32.2. The van der Waals surface area contributed by atoms with E-state index in [0.29, 0.717) is 52.4 Å². The molecular formula is C36H36FN3O6S2. The lowest BCUT2D eigenvalue weighted by Gasteiger charge is -2.23. The van der Waals surface area contributed by atoms with E-state index in [0.717, 1.165) is 47.5 Å². The Kier molecular flexibility index (Phi) is 10.3. The second kappa shape index (κ2) is 14.8. The van der Waals surface area contributed by atoms with Crippen LogP contribution in [0.3, 0.4) is 0 Å². The lowest BCUT2D eigenvalue weighted by atomic mass is 9.94. The Morgan fingerprint density at radius 1 is 1.04 bits per heavy atom. The van der Waals surface area contributed by atoms with E-state index in [4.69, 9.17) is 14.2 Å². The minimum Gasteiger partial charge on any atom is -0.507 e. The molecule has 250 valence electrons. The van der Waals surface area contributed by atoms with E-state index >= 15 is 0 Å². The van der Waals surface area contributed by atoms with Gasteiger partial charge in [-0.15, -0.1) is 10.2 Å². The van der Waals surface area contributed by atoms with Crippen LogP contribution in [0.15, 0.2) is 70.6 Å². The molecule has 0 aliphatic carbocycles. The van der Waals surface area contributed by atoms with Gasteiger partial charge in [0.2, 0.25) is 5.13 Å². The quantitative estimate of drug-likeness (QED) is 0.0374. The summed E-state index contributed by atoms with van der Waals surface area (Å²) in [4.78, 5) is 28.9. The minimum absolute atomic E-state index is 0.00445. The third kappa shape index (κ3) is 7.05. The van der Waals surface area contributed by atoms with Gasteiger partial charge in [-0.25, -0.2) is 4.39 Å². The van der Waals surface area contributed by atoms with E-state index in [1.807, 2.05) is 13.8 Å². The van der Waals surface area contributed by atoms with E-state index in [1.165, 1.54) is 28.8 Å². The van der Waals surface area contributed by atoms with Crippen LogP contribution in [-0.4, -0.2) is 46.3 Å². The minimum atomic E-state index is -1.02. The maximum Gasteiger partial charge on any atom is 0.301 e. The molecule has 4 aromatic rings. The second-order valence-corrected chi connectivity index (χ2v) is 13.8. The average Bonchev–Trinajstić information content (AvgIpc) is 3.77. The molecule has 0 unspecified atom stereocenters. The van der Waals surface area contributed by atoms with Gasteiger partial charge >= 0.3 is 5.91 Å². The fourth-order valence-corrected chi connectivity index (χ4v) is 7.59. The Morgan fingerprint density at radius 3 is 2.62 bits per heavy atom. The highest BCUT2D eigenvalue weighted by molar-refractivity contribution is 8.00. The first-order valence-electron chi connectivity index (χ1n) is 16.0. The molecule has 0 spiro atoms. The van der Waals surface area contributed by atoms with Crippen LogP contribution in [0.4, 0.5) is 9.52 Å². The van der Waals surface area contributed by atoms with Gasteiger partial charge in [0.1, 0.15) is 23.4 Å². The number of carbonyl (C=O) groups excluding carboxylic acids is 2. The van der Waals surface area contributed by atoms with Gasteiger partial charge in [0, 0.05) is 17.7 Å². The first-order valence-corrected chi connectivity index (χ1v) is 17.8. The van der Waals surface area contributed by atoms with Crippen LogP contribution in [-0.2, 0) is 21.8 Å². The zero-order valence-corrected chi connectivity index (χ0v) is 28.5. The number of amides is 1. The number of fused-ring (bicyclic) bond motifs is 1. The van der Waals surface area contributed by atoms with Gasteiger partial charge in [-0.2, -0.15) is 0 Å². The number of halogens is 1. The highest BCUT2D eigenvalue weighted by Gasteiger charge is 2.48. The standard InChI is InChI=1S/C36H36FN3O6S2/c1-4-6-7-16-45-28-15-10-23(19-29(28)44-5-2)31-30(32(41)24-11-14-27-25(18-24)17-21(3)46-27)33(42)34(43)40(31)35-38-39-36(48-35)47-20-22-8-12-26(37)13-9-22/h8-15,18-19,21,31,41H,4-7,16-17,20H2,1-3H3/b32-30+/t21-,31+/m0/s1. The molecule has 1 amide bonds. The Hall–Kier alpha value is -4.42. The number of nitrogens with zero attached hydrogens (tertiary/aromatic N) is 3. The van der Waals surface area contributed by atoms with Crippen LogP contribution in [0.2, 0.25) is 0 Å². The summed E-state index contributed by atoms with van der Waals surface area (Å²) in [5, 5.41) is 20.5. The van der Waals surface area contributed by atoms with Crippen molar-refractivity contribution in [1.82, 2.24) is 10.2 Å². The molecule has 2 aliphatic rings. The molecule has 2 aliphatic heterocycles.